The fourth-order valence-electron chi connectivity index (χ4n) is 2.08. The largest absolute Gasteiger partial charge is 0.493 e. The number of aryl methyl sites for hydroxylation is 1. The fourth-order valence-corrected chi connectivity index (χ4v) is 2.08. The first-order valence-electron chi connectivity index (χ1n) is 5.60. The van der Waals surface area contributed by atoms with Gasteiger partial charge in [0.25, 0.3) is 5.56 Å². The number of fused-ring (bicyclic) bond motifs is 1. The van der Waals surface area contributed by atoms with Crippen LogP contribution in [0, 0.1) is 6.92 Å². The third-order valence-corrected chi connectivity index (χ3v) is 3.03. The quantitative estimate of drug-likeness (QED) is 0.900. The van der Waals surface area contributed by atoms with E-state index in [1.807, 2.05) is 13.0 Å². The number of pyridine rings is 1. The van der Waals surface area contributed by atoms with Crippen molar-refractivity contribution in [3.05, 3.63) is 33.7 Å². The zero-order valence-corrected chi connectivity index (χ0v) is 11.9. The van der Waals surface area contributed by atoms with Gasteiger partial charge in [-0.3, -0.25) is 4.79 Å². The van der Waals surface area contributed by atoms with E-state index in [1.54, 1.807) is 20.3 Å². The number of methoxy groups -OCH3 is 2. The first-order valence-corrected chi connectivity index (χ1v) is 5.60. The summed E-state index contributed by atoms with van der Waals surface area (Å²) in [5.74, 6) is 1.22. The van der Waals surface area contributed by atoms with Crippen LogP contribution in [0.25, 0.3) is 10.8 Å². The minimum atomic E-state index is -0.158. The van der Waals surface area contributed by atoms with Crippen LogP contribution in [-0.2, 0) is 6.54 Å². The molecule has 1 aromatic carbocycles. The van der Waals surface area contributed by atoms with Gasteiger partial charge in [-0.1, -0.05) is 0 Å². The van der Waals surface area contributed by atoms with Crippen molar-refractivity contribution < 1.29 is 9.47 Å². The lowest BCUT2D eigenvalue weighted by Gasteiger charge is -2.12. The molecule has 1 heterocycles. The summed E-state index contributed by atoms with van der Waals surface area (Å²) in [4.78, 5) is 14.6. The number of H-pyrrole nitrogens is 1. The van der Waals surface area contributed by atoms with Crippen molar-refractivity contribution in [2.75, 3.05) is 14.2 Å². The lowest BCUT2D eigenvalue weighted by molar-refractivity contribution is 0.356. The molecule has 0 spiro atoms. The Morgan fingerprint density at radius 2 is 1.68 bits per heavy atom. The number of rotatable bonds is 3. The van der Waals surface area contributed by atoms with Gasteiger partial charge >= 0.3 is 0 Å². The van der Waals surface area contributed by atoms with Gasteiger partial charge in [-0.05, 0) is 24.4 Å². The van der Waals surface area contributed by atoms with Crippen LogP contribution in [0.4, 0.5) is 0 Å². The molecular formula is C13H17ClN2O3. The van der Waals surface area contributed by atoms with Gasteiger partial charge in [-0.25, -0.2) is 0 Å². The van der Waals surface area contributed by atoms with Gasteiger partial charge in [0.1, 0.15) is 0 Å². The highest BCUT2D eigenvalue weighted by molar-refractivity contribution is 5.90. The molecule has 5 nitrogen and oxygen atoms in total. The Bertz CT molecular complexity index is 652. The average molecular weight is 285 g/mol. The van der Waals surface area contributed by atoms with Crippen molar-refractivity contribution in [3.8, 4) is 11.5 Å². The summed E-state index contributed by atoms with van der Waals surface area (Å²) in [6.07, 6.45) is 0. The summed E-state index contributed by atoms with van der Waals surface area (Å²) in [6, 6.07) is 3.64. The number of nitrogens with one attached hydrogen (secondary N) is 1. The molecule has 0 aliphatic rings. The predicted molar refractivity (Wildman–Crippen MR) is 77.5 cm³/mol. The highest BCUT2D eigenvalue weighted by Crippen LogP contribution is 2.33. The Labute approximate surface area is 117 Å². The molecule has 0 amide bonds. The summed E-state index contributed by atoms with van der Waals surface area (Å²) >= 11 is 0. The van der Waals surface area contributed by atoms with E-state index in [0.29, 0.717) is 17.1 Å². The third kappa shape index (κ3) is 2.52. The smallest absolute Gasteiger partial charge is 0.253 e. The Morgan fingerprint density at radius 1 is 1.16 bits per heavy atom. The maximum absolute atomic E-state index is 11.8. The second-order valence-electron chi connectivity index (χ2n) is 4.01. The number of aromatic amines is 1. The van der Waals surface area contributed by atoms with E-state index >= 15 is 0 Å². The number of benzene rings is 1. The van der Waals surface area contributed by atoms with Gasteiger partial charge in [-0.2, -0.15) is 0 Å². The Kier molecular flexibility index (Phi) is 4.80. The molecule has 0 aliphatic carbocycles. The molecule has 6 heteroatoms. The molecule has 2 rings (SSSR count). The van der Waals surface area contributed by atoms with Crippen LogP contribution in [0.3, 0.4) is 0 Å². The van der Waals surface area contributed by atoms with Crippen LogP contribution < -0.4 is 20.8 Å². The van der Waals surface area contributed by atoms with Gasteiger partial charge in [-0.15, -0.1) is 12.4 Å². The molecule has 0 unspecified atom stereocenters. The lowest BCUT2D eigenvalue weighted by atomic mass is 10.0. The number of nitrogens with two attached hydrogens (primary N) is 1. The minimum Gasteiger partial charge on any atom is -0.493 e. The van der Waals surface area contributed by atoms with Crippen molar-refractivity contribution in [3.63, 3.8) is 0 Å². The maximum Gasteiger partial charge on any atom is 0.253 e. The number of hydrogen-bond donors (Lipinski definition) is 2. The summed E-state index contributed by atoms with van der Waals surface area (Å²) in [5.41, 5.74) is 6.82. The SMILES string of the molecule is COc1cc2c(C)[nH]c(=O)c(CN)c2cc1OC.Cl. The summed E-state index contributed by atoms with van der Waals surface area (Å²) in [6.45, 7) is 2.03. The second kappa shape index (κ2) is 5.95. The van der Waals surface area contributed by atoms with E-state index in [4.69, 9.17) is 15.2 Å². The van der Waals surface area contributed by atoms with E-state index in [-0.39, 0.29) is 24.5 Å². The number of ether oxygens (including phenoxy) is 2. The average Bonchev–Trinajstić information content (AvgIpc) is 2.37. The fraction of sp³-hybridized carbons (Fsp3) is 0.308. The number of aromatic nitrogens is 1. The molecule has 104 valence electrons. The molecule has 0 bridgehead atoms. The van der Waals surface area contributed by atoms with Crippen molar-refractivity contribution >= 4 is 23.2 Å². The molecule has 0 saturated heterocycles. The zero-order valence-electron chi connectivity index (χ0n) is 11.1. The topological polar surface area (TPSA) is 77.3 Å². The zero-order chi connectivity index (χ0) is 13.3. The summed E-state index contributed by atoms with van der Waals surface area (Å²) in [5, 5.41) is 1.71. The van der Waals surface area contributed by atoms with E-state index in [2.05, 4.69) is 4.98 Å². The van der Waals surface area contributed by atoms with Crippen LogP contribution in [0.1, 0.15) is 11.3 Å². The Hall–Kier alpha value is -1.72. The van der Waals surface area contributed by atoms with E-state index in [1.165, 1.54) is 0 Å². The van der Waals surface area contributed by atoms with Gasteiger partial charge in [0.2, 0.25) is 0 Å². The van der Waals surface area contributed by atoms with Crippen LogP contribution >= 0.6 is 12.4 Å². The molecular weight excluding hydrogens is 268 g/mol. The molecule has 0 atom stereocenters. The van der Waals surface area contributed by atoms with Crippen LogP contribution in [0.15, 0.2) is 16.9 Å². The molecule has 3 N–H and O–H groups in total. The number of hydrogen-bond acceptors (Lipinski definition) is 4. The lowest BCUT2D eigenvalue weighted by Crippen LogP contribution is -2.17. The first kappa shape index (κ1) is 15.3. The maximum atomic E-state index is 11.8. The van der Waals surface area contributed by atoms with Crippen LogP contribution in [-0.4, -0.2) is 19.2 Å². The molecule has 0 aliphatic heterocycles. The molecule has 1 aromatic heterocycles. The molecule has 0 radical (unpaired) electrons. The van der Waals surface area contributed by atoms with Gasteiger partial charge in [0.05, 0.1) is 14.2 Å². The van der Waals surface area contributed by atoms with E-state index < -0.39 is 0 Å². The molecule has 2 aromatic rings. The Morgan fingerprint density at radius 3 is 2.16 bits per heavy atom. The molecule has 19 heavy (non-hydrogen) atoms. The van der Waals surface area contributed by atoms with Gasteiger partial charge < -0.3 is 20.2 Å². The standard InChI is InChI=1S/C13H16N2O3.ClH/c1-7-8-4-11(17-2)12(18-3)5-9(8)10(6-14)13(16)15-7;/h4-5H,6,14H2,1-3H3,(H,15,16);1H. The molecule has 0 fully saturated rings. The minimum absolute atomic E-state index is 0. The predicted octanol–water partition coefficient (Wildman–Crippen LogP) is 1.73. The summed E-state index contributed by atoms with van der Waals surface area (Å²) in [7, 11) is 3.14. The van der Waals surface area contributed by atoms with E-state index in [0.717, 1.165) is 16.5 Å². The van der Waals surface area contributed by atoms with Crippen molar-refractivity contribution in [2.24, 2.45) is 5.73 Å². The molecule has 0 saturated carbocycles. The first-order chi connectivity index (χ1) is 8.62. The Balaban J connectivity index is 0.00000180. The van der Waals surface area contributed by atoms with Crippen molar-refractivity contribution in [1.29, 1.82) is 0 Å². The second-order valence-corrected chi connectivity index (χ2v) is 4.01. The summed E-state index contributed by atoms with van der Waals surface area (Å²) < 4.78 is 10.5. The highest BCUT2D eigenvalue weighted by atomic mass is 35.5. The number of halogens is 1. The van der Waals surface area contributed by atoms with Gasteiger partial charge in [0, 0.05) is 23.2 Å². The van der Waals surface area contributed by atoms with Crippen molar-refractivity contribution in [2.45, 2.75) is 13.5 Å². The monoisotopic (exact) mass is 284 g/mol. The van der Waals surface area contributed by atoms with Crippen LogP contribution in [0.2, 0.25) is 0 Å². The highest BCUT2D eigenvalue weighted by Gasteiger charge is 2.12. The third-order valence-electron chi connectivity index (χ3n) is 3.03. The van der Waals surface area contributed by atoms with E-state index in [9.17, 15) is 4.79 Å². The van der Waals surface area contributed by atoms with Crippen LogP contribution in [0.5, 0.6) is 11.5 Å². The van der Waals surface area contributed by atoms with Gasteiger partial charge in [0.15, 0.2) is 11.5 Å². The van der Waals surface area contributed by atoms with Crippen molar-refractivity contribution in [1.82, 2.24) is 4.98 Å². The normalized spacial score (nSPS) is 10.1.